The number of amides is 3. The molecule has 3 aliphatic heterocycles. The van der Waals surface area contributed by atoms with Crippen LogP contribution in [-0.4, -0.2) is 154 Å². The minimum Gasteiger partial charge on any atom is -0.455 e. The van der Waals surface area contributed by atoms with Crippen molar-refractivity contribution in [3.05, 3.63) is 68.2 Å². The van der Waals surface area contributed by atoms with E-state index in [9.17, 15) is 52.8 Å². The largest absolute Gasteiger partial charge is 0.694 e. The Kier molecular flexibility index (Phi) is 27.3. The average molecular weight is 1330 g/mol. The molecule has 3 fully saturated rings. The van der Waals surface area contributed by atoms with E-state index in [1.807, 2.05) is 27.7 Å². The fourth-order valence-electron chi connectivity index (χ4n) is 7.62. The van der Waals surface area contributed by atoms with Crippen molar-refractivity contribution in [2.75, 3.05) is 36.3 Å². The number of halogens is 3. The van der Waals surface area contributed by atoms with Gasteiger partial charge in [0.25, 0.3) is 0 Å². The third kappa shape index (κ3) is 19.7. The smallest absolute Gasteiger partial charge is 0.455 e. The maximum absolute atomic E-state index is 15.7. The normalized spacial score (nSPS) is 26.8. The summed E-state index contributed by atoms with van der Waals surface area (Å²) in [5, 5.41) is 13.2. The molecular weight excluding hydrogens is 1250 g/mol. The zero-order valence-corrected chi connectivity index (χ0v) is 54.8. The number of carbonyl (C=O) groups excluding carboxylic acids is 6. The number of aliphatic hydroxyl groups excluding tert-OH is 2. The Morgan fingerprint density at radius 1 is 0.614 bits per heavy atom. The summed E-state index contributed by atoms with van der Waals surface area (Å²) in [5.74, 6) is -5.52. The van der Waals surface area contributed by atoms with Gasteiger partial charge in [0.15, 0.2) is 37.0 Å². The Labute approximate surface area is 515 Å². The second kappa shape index (κ2) is 32.9. The van der Waals surface area contributed by atoms with E-state index in [0.29, 0.717) is 0 Å². The maximum atomic E-state index is 15.7. The molecule has 6 N–H and O–H groups in total. The Balaban J connectivity index is 0.000000345. The first kappa shape index (κ1) is 73.1. The van der Waals surface area contributed by atoms with Crippen LogP contribution in [0.4, 0.5) is 30.6 Å². The fraction of sp³-hybridized carbons (Fsp3) is 0.654. The van der Waals surface area contributed by atoms with Crippen molar-refractivity contribution in [2.24, 2.45) is 35.5 Å². The zero-order chi connectivity index (χ0) is 68.7. The van der Waals surface area contributed by atoms with E-state index in [0.717, 1.165) is 13.7 Å². The molecule has 3 aromatic rings. The number of hydrogen-bond donors (Lipinski definition) is 6. The minimum absolute atomic E-state index is 0.0210. The number of aromatic nitrogens is 6. The lowest BCUT2D eigenvalue weighted by atomic mass is 10.1. The molecule has 6 rings (SSSR count). The molecule has 0 bridgehead atoms. The summed E-state index contributed by atoms with van der Waals surface area (Å²) < 4.78 is 110. The summed E-state index contributed by atoms with van der Waals surface area (Å²) >= 11 is 0. The molecule has 0 aromatic carbocycles. The average Bonchev–Trinajstić information content (AvgIpc) is 1.63. The number of carbonyl (C=O) groups is 6. The van der Waals surface area contributed by atoms with Crippen molar-refractivity contribution < 1.29 is 95.9 Å². The summed E-state index contributed by atoms with van der Waals surface area (Å²) in [6.07, 6.45) is -8.82. The van der Waals surface area contributed by atoms with E-state index in [2.05, 4.69) is 40.5 Å². The first-order valence-electron chi connectivity index (χ1n) is 28.2. The van der Waals surface area contributed by atoms with E-state index in [1.165, 1.54) is 43.9 Å². The van der Waals surface area contributed by atoms with Crippen molar-refractivity contribution in [3.63, 3.8) is 0 Å². The van der Waals surface area contributed by atoms with Crippen LogP contribution in [0.25, 0.3) is 0 Å². The standard InChI is InChI=1S/C17H24FN3O8P2.C17H25FN3O6P.C17H25FN3O5P.CH4O/c1-8(2)13(22)19-11-5-6-21(16(24)20-11)15-17(18,30)12(29-14(23)9(3)4)10(28-15)7-27-31(25)26;1-8(2)13(23)19-11-5-6-21(16(25)20-11)15-17(18,28)12(10(7-22)26-15)27-14(24)9(3)4;1-8(2)13(22)19-11-6-7-21(16(24)20-11)15-17(18,27)12(10(5)25-15)26-14(23)9(3)4;1-2/h5-6,8-10,12,15H,7,30H2,1-4H3,(H-,19,20,22,24,25,26);5-6,8-10,12,15,22H,7,28H2,1-4H3,(H,19,20,23,25);6-10,12,15H,27H2,1-5H3,(H,19,20,22,24);2H,1H3/p+1/t3*10-,12?,15-,17?;/m111./s1/i;;5D;2T. The summed E-state index contributed by atoms with van der Waals surface area (Å²) in [6, 6.07) is 3.96. The van der Waals surface area contributed by atoms with Crippen molar-refractivity contribution >= 4 is 89.1 Å². The van der Waals surface area contributed by atoms with Crippen LogP contribution >= 0.6 is 36.0 Å². The predicted octanol–water partition coefficient (Wildman–Crippen LogP) is 3.82. The number of alkyl halides is 3. The maximum Gasteiger partial charge on any atom is 0.694 e. The van der Waals surface area contributed by atoms with Crippen LogP contribution in [0.15, 0.2) is 51.2 Å². The lowest BCUT2D eigenvalue weighted by molar-refractivity contribution is -0.160. The molecule has 36 heteroatoms. The minimum atomic E-state index is -3.01. The van der Waals surface area contributed by atoms with Gasteiger partial charge in [0, 0.05) is 49.4 Å². The predicted molar refractivity (Wildman–Crippen MR) is 319 cm³/mol. The monoisotopic (exact) mass is 1330 g/mol. The second-order valence-electron chi connectivity index (χ2n) is 21.8. The van der Waals surface area contributed by atoms with E-state index >= 15 is 13.2 Å². The van der Waals surface area contributed by atoms with Crippen LogP contribution in [0, 0.1) is 35.5 Å². The molecule has 10 unspecified atom stereocenters. The second-order valence-corrected chi connectivity index (χ2v) is 25.1. The van der Waals surface area contributed by atoms with Crippen molar-refractivity contribution in [3.8, 4) is 0 Å². The highest BCUT2D eigenvalue weighted by Gasteiger charge is 2.61. The fourth-order valence-corrected chi connectivity index (χ4v) is 9.46. The highest BCUT2D eigenvalue weighted by atomic mass is 31.1. The van der Waals surface area contributed by atoms with Gasteiger partial charge >= 0.3 is 43.2 Å². The zero-order valence-electron chi connectivity index (χ0n) is 52.5. The van der Waals surface area contributed by atoms with Crippen molar-refractivity contribution in [1.82, 2.24) is 28.7 Å². The number of anilines is 3. The SMILES string of the molecule is CC(C)C(=O)Nc1ccn([C@@H]2O[C@H](CO)C(OC(=O)C(C)C)C2(F)P)c(=O)n1.CC(C)C(=O)Nc1ccn([C@@H]2O[C@H](CO[P+](=O)O)C(OC(=O)C(C)C)C2(F)P)c(=O)n1.[2H]C[C@H]1O[C@@H](n2ccc(NC(=O)C(C)C)nc2=O)C(F)(P)C1OC(=O)C(C)C.[3H]OC. The Morgan fingerprint density at radius 2 is 0.909 bits per heavy atom. The molecule has 3 amide bonds. The quantitative estimate of drug-likeness (QED) is 0.0564. The number of nitrogens with one attached hydrogen (secondary N) is 3. The molecule has 3 saturated heterocycles. The molecule has 492 valence electrons. The topological polar surface area (TPSA) is 386 Å². The van der Waals surface area contributed by atoms with Gasteiger partial charge in [0.2, 0.25) is 35.4 Å². The number of nitrogens with zero attached hydrogens (tertiary/aromatic N) is 6. The van der Waals surface area contributed by atoms with Gasteiger partial charge in [-0.25, -0.2) is 27.6 Å². The van der Waals surface area contributed by atoms with Crippen LogP contribution in [0.5, 0.6) is 0 Å². The number of rotatable bonds is 19. The molecule has 0 radical (unpaired) electrons. The summed E-state index contributed by atoms with van der Waals surface area (Å²) in [6.45, 7) is 18.0. The number of hydrogen-bond acceptors (Lipinski definition) is 22. The van der Waals surface area contributed by atoms with Crippen LogP contribution < -0.4 is 33.0 Å². The number of aliphatic hydroxyl groups is 2. The van der Waals surface area contributed by atoms with E-state index in [-0.39, 0.29) is 59.8 Å². The molecular formula is C52H79F3N9O20P4+. The first-order chi connectivity index (χ1) is 41.7. The third-order valence-electron chi connectivity index (χ3n) is 12.6. The van der Waals surface area contributed by atoms with Gasteiger partial charge in [-0.2, -0.15) is 15.0 Å². The molecule has 0 spiro atoms. The van der Waals surface area contributed by atoms with Crippen LogP contribution in [-0.2, 0) is 66.3 Å². The molecule has 3 aliphatic rings. The first-order valence-corrected chi connectivity index (χ1v) is 30.0. The summed E-state index contributed by atoms with van der Waals surface area (Å²) in [7, 11) is 3.95. The van der Waals surface area contributed by atoms with Gasteiger partial charge in [-0.05, 0) is 25.1 Å². The van der Waals surface area contributed by atoms with Crippen LogP contribution in [0.1, 0.15) is 110 Å². The highest BCUT2D eigenvalue weighted by Crippen LogP contribution is 2.50. The Hall–Kier alpha value is -5.64. The van der Waals surface area contributed by atoms with Gasteiger partial charge in [-0.15, -0.1) is 9.42 Å². The molecule has 0 saturated carbocycles. The molecule has 6 heterocycles. The number of esters is 3. The highest BCUT2D eigenvalue weighted by molar-refractivity contribution is 7.32. The summed E-state index contributed by atoms with van der Waals surface area (Å²) in [4.78, 5) is 128. The molecule has 88 heavy (non-hydrogen) atoms. The van der Waals surface area contributed by atoms with Crippen LogP contribution in [0.2, 0.25) is 0 Å². The van der Waals surface area contributed by atoms with E-state index in [1.54, 1.807) is 83.1 Å². The van der Waals surface area contributed by atoms with Gasteiger partial charge in [-0.3, -0.25) is 42.5 Å². The van der Waals surface area contributed by atoms with Crippen LogP contribution in [0.3, 0.4) is 0 Å². The molecule has 0 aliphatic carbocycles. The van der Waals surface area contributed by atoms with Crippen molar-refractivity contribution in [2.45, 2.75) is 162 Å². The van der Waals surface area contributed by atoms with Gasteiger partial charge in [0.05, 0.1) is 30.5 Å². The number of ether oxygens (including phenoxy) is 6. The van der Waals surface area contributed by atoms with Gasteiger partial charge < -0.3 is 54.6 Å². The van der Waals surface area contributed by atoms with E-state index in [4.69, 9.17) is 36.1 Å². The van der Waals surface area contributed by atoms with E-state index < -0.39 is 146 Å². The van der Waals surface area contributed by atoms with Crippen molar-refractivity contribution in [1.29, 1.82) is 1.43 Å². The Morgan fingerprint density at radius 3 is 1.19 bits per heavy atom. The third-order valence-corrected chi connectivity index (χ3v) is 14.8. The van der Waals surface area contributed by atoms with Gasteiger partial charge in [0.1, 0.15) is 36.3 Å². The van der Waals surface area contributed by atoms with Gasteiger partial charge in [-0.1, -0.05) is 111 Å². The lowest BCUT2D eigenvalue weighted by Crippen LogP contribution is -2.44. The molecule has 3 aromatic heterocycles. The summed E-state index contributed by atoms with van der Waals surface area (Å²) in [5.41, 5.74) is -2.65. The Bertz CT molecular complexity index is 3050. The molecule has 29 nitrogen and oxygen atoms in total. The molecule has 16 atom stereocenters. The lowest BCUT2D eigenvalue weighted by Gasteiger charge is -2.27.